The Morgan fingerprint density at radius 3 is 2.34 bits per heavy atom. The molecule has 0 saturated carbocycles. The first-order valence-electron chi connectivity index (χ1n) is 9.42. The molecule has 1 aliphatic rings. The summed E-state index contributed by atoms with van der Waals surface area (Å²) in [5, 5.41) is 3.22. The van der Waals surface area contributed by atoms with Crippen LogP contribution in [-0.2, 0) is 13.0 Å². The van der Waals surface area contributed by atoms with Gasteiger partial charge < -0.3 is 19.7 Å². The van der Waals surface area contributed by atoms with Crippen molar-refractivity contribution in [3.8, 4) is 11.5 Å². The van der Waals surface area contributed by atoms with Crippen LogP contribution in [0.5, 0.6) is 11.5 Å². The van der Waals surface area contributed by atoms with E-state index < -0.39 is 0 Å². The van der Waals surface area contributed by atoms with Crippen molar-refractivity contribution in [2.24, 2.45) is 0 Å². The average Bonchev–Trinajstić information content (AvgIpc) is 2.73. The van der Waals surface area contributed by atoms with Gasteiger partial charge in [-0.05, 0) is 60.9 Å². The highest BCUT2D eigenvalue weighted by atomic mass is 19.1. The van der Waals surface area contributed by atoms with Crippen LogP contribution >= 0.6 is 0 Å². The van der Waals surface area contributed by atoms with Crippen molar-refractivity contribution in [1.82, 2.24) is 9.97 Å². The van der Waals surface area contributed by atoms with Crippen molar-refractivity contribution in [2.45, 2.75) is 19.9 Å². The van der Waals surface area contributed by atoms with E-state index in [9.17, 15) is 4.39 Å². The quantitative estimate of drug-likeness (QED) is 0.698. The summed E-state index contributed by atoms with van der Waals surface area (Å²) in [6.45, 7) is 3.43. The van der Waals surface area contributed by atoms with Crippen LogP contribution < -0.4 is 19.7 Å². The molecule has 6 nitrogen and oxygen atoms in total. The number of aryl methyl sites for hydroxylation is 1. The first kappa shape index (κ1) is 19.0. The Morgan fingerprint density at radius 1 is 0.966 bits per heavy atom. The standard InChI is InChI=1S/C22H23FN4O2/c1-14-10-21(25-18-6-4-17(23)5-7-18)26-22(24-14)27-9-8-15-11-19(28-2)20(29-3)12-16(15)13-27/h4-7,10-12H,8-9,13H2,1-3H3,(H,24,25,26). The number of halogens is 1. The third-order valence-corrected chi connectivity index (χ3v) is 4.96. The van der Waals surface area contributed by atoms with Gasteiger partial charge in [0.05, 0.1) is 14.2 Å². The molecule has 1 aromatic heterocycles. The maximum absolute atomic E-state index is 13.1. The minimum absolute atomic E-state index is 0.269. The molecule has 0 aliphatic carbocycles. The van der Waals surface area contributed by atoms with E-state index in [1.807, 2.05) is 25.1 Å². The summed E-state index contributed by atoms with van der Waals surface area (Å²) in [5.41, 5.74) is 4.05. The number of methoxy groups -OCH3 is 2. The van der Waals surface area contributed by atoms with Gasteiger partial charge in [-0.15, -0.1) is 0 Å². The number of aromatic nitrogens is 2. The zero-order valence-corrected chi connectivity index (χ0v) is 16.7. The number of nitrogens with one attached hydrogen (secondary N) is 1. The molecule has 1 N–H and O–H groups in total. The number of anilines is 3. The molecule has 0 atom stereocenters. The van der Waals surface area contributed by atoms with Crippen LogP contribution in [0.1, 0.15) is 16.8 Å². The number of rotatable bonds is 5. The number of hydrogen-bond acceptors (Lipinski definition) is 6. The second-order valence-electron chi connectivity index (χ2n) is 6.97. The summed E-state index contributed by atoms with van der Waals surface area (Å²) in [6, 6.07) is 12.1. The van der Waals surface area contributed by atoms with E-state index in [0.29, 0.717) is 18.3 Å². The van der Waals surface area contributed by atoms with E-state index in [1.165, 1.54) is 23.3 Å². The Morgan fingerprint density at radius 2 is 1.66 bits per heavy atom. The lowest BCUT2D eigenvalue weighted by molar-refractivity contribution is 0.353. The molecule has 150 valence electrons. The molecule has 0 bridgehead atoms. The topological polar surface area (TPSA) is 59.5 Å². The molecule has 7 heteroatoms. The predicted molar refractivity (Wildman–Crippen MR) is 111 cm³/mol. The highest BCUT2D eigenvalue weighted by Crippen LogP contribution is 2.34. The maximum Gasteiger partial charge on any atom is 0.227 e. The normalized spacial score (nSPS) is 13.0. The predicted octanol–water partition coefficient (Wildman–Crippen LogP) is 4.25. The Balaban J connectivity index is 1.59. The van der Waals surface area contributed by atoms with Gasteiger partial charge in [0.15, 0.2) is 11.5 Å². The lowest BCUT2D eigenvalue weighted by Crippen LogP contribution is -2.32. The van der Waals surface area contributed by atoms with E-state index >= 15 is 0 Å². The fraction of sp³-hybridized carbons (Fsp3) is 0.273. The fourth-order valence-corrected chi connectivity index (χ4v) is 3.49. The molecule has 0 amide bonds. The molecular weight excluding hydrogens is 371 g/mol. The number of nitrogens with zero attached hydrogens (tertiary/aromatic N) is 3. The van der Waals surface area contributed by atoms with Gasteiger partial charge in [0.2, 0.25) is 5.95 Å². The molecule has 0 unspecified atom stereocenters. The highest BCUT2D eigenvalue weighted by Gasteiger charge is 2.21. The highest BCUT2D eigenvalue weighted by molar-refractivity contribution is 5.58. The zero-order valence-electron chi connectivity index (χ0n) is 16.7. The summed E-state index contributed by atoms with van der Waals surface area (Å²) < 4.78 is 24.0. The number of hydrogen-bond donors (Lipinski definition) is 1. The summed E-state index contributed by atoms with van der Waals surface area (Å²) in [5.74, 6) is 2.54. The third kappa shape index (κ3) is 4.08. The fourth-order valence-electron chi connectivity index (χ4n) is 3.49. The van der Waals surface area contributed by atoms with Crippen molar-refractivity contribution in [2.75, 3.05) is 31.0 Å². The first-order valence-corrected chi connectivity index (χ1v) is 9.42. The molecule has 4 rings (SSSR count). The number of benzene rings is 2. The van der Waals surface area contributed by atoms with E-state index in [4.69, 9.17) is 9.47 Å². The molecule has 0 radical (unpaired) electrons. The lowest BCUT2D eigenvalue weighted by Gasteiger charge is -2.30. The molecule has 1 aliphatic heterocycles. The Kier molecular flexibility index (Phi) is 5.20. The molecule has 0 fully saturated rings. The minimum Gasteiger partial charge on any atom is -0.493 e. The molecule has 2 aromatic carbocycles. The van der Waals surface area contributed by atoms with Gasteiger partial charge >= 0.3 is 0 Å². The molecule has 3 aromatic rings. The number of fused-ring (bicyclic) bond motifs is 1. The van der Waals surface area contributed by atoms with Crippen LogP contribution in [0.15, 0.2) is 42.5 Å². The van der Waals surface area contributed by atoms with Crippen LogP contribution in [0.3, 0.4) is 0 Å². The Hall–Kier alpha value is -3.35. The summed E-state index contributed by atoms with van der Waals surface area (Å²) in [4.78, 5) is 11.4. The molecule has 2 heterocycles. The largest absolute Gasteiger partial charge is 0.493 e. The van der Waals surface area contributed by atoms with Gasteiger partial charge in [-0.3, -0.25) is 0 Å². The van der Waals surface area contributed by atoms with Crippen LogP contribution in [0.2, 0.25) is 0 Å². The van der Waals surface area contributed by atoms with Gasteiger partial charge in [-0.1, -0.05) is 0 Å². The Bertz CT molecular complexity index is 1020. The monoisotopic (exact) mass is 394 g/mol. The summed E-state index contributed by atoms with van der Waals surface area (Å²) >= 11 is 0. The van der Waals surface area contributed by atoms with Crippen LogP contribution in [0.4, 0.5) is 21.8 Å². The van der Waals surface area contributed by atoms with Gasteiger partial charge in [0.25, 0.3) is 0 Å². The van der Waals surface area contributed by atoms with E-state index in [2.05, 4.69) is 20.2 Å². The second kappa shape index (κ2) is 7.95. The molecular formula is C22H23FN4O2. The van der Waals surface area contributed by atoms with Gasteiger partial charge in [0, 0.05) is 30.5 Å². The average molecular weight is 394 g/mol. The second-order valence-corrected chi connectivity index (χ2v) is 6.97. The van der Waals surface area contributed by atoms with Crippen molar-refractivity contribution in [1.29, 1.82) is 0 Å². The van der Waals surface area contributed by atoms with Crippen molar-refractivity contribution in [3.05, 3.63) is 65.1 Å². The van der Waals surface area contributed by atoms with Crippen LogP contribution in [-0.4, -0.2) is 30.7 Å². The molecule has 0 spiro atoms. The molecule has 29 heavy (non-hydrogen) atoms. The SMILES string of the molecule is COc1cc2c(cc1OC)CN(c1nc(C)cc(Nc3ccc(F)cc3)n1)CC2. The third-order valence-electron chi connectivity index (χ3n) is 4.96. The van der Waals surface area contributed by atoms with Gasteiger partial charge in [-0.2, -0.15) is 4.98 Å². The smallest absolute Gasteiger partial charge is 0.227 e. The Labute approximate surface area is 169 Å². The van der Waals surface area contributed by atoms with Gasteiger partial charge in [-0.25, -0.2) is 9.37 Å². The molecule has 0 saturated heterocycles. The van der Waals surface area contributed by atoms with Crippen molar-refractivity contribution < 1.29 is 13.9 Å². The van der Waals surface area contributed by atoms with Gasteiger partial charge in [0.1, 0.15) is 11.6 Å². The lowest BCUT2D eigenvalue weighted by atomic mass is 9.99. The number of ether oxygens (including phenoxy) is 2. The van der Waals surface area contributed by atoms with E-state index in [0.717, 1.165) is 35.8 Å². The van der Waals surface area contributed by atoms with Crippen molar-refractivity contribution in [3.63, 3.8) is 0 Å². The van der Waals surface area contributed by atoms with Crippen LogP contribution in [0, 0.1) is 12.7 Å². The van der Waals surface area contributed by atoms with Crippen LogP contribution in [0.25, 0.3) is 0 Å². The maximum atomic E-state index is 13.1. The zero-order chi connectivity index (χ0) is 20.4. The van der Waals surface area contributed by atoms with E-state index in [-0.39, 0.29) is 5.82 Å². The minimum atomic E-state index is -0.269. The first-order chi connectivity index (χ1) is 14.1. The summed E-state index contributed by atoms with van der Waals surface area (Å²) in [6.07, 6.45) is 0.869. The summed E-state index contributed by atoms with van der Waals surface area (Å²) in [7, 11) is 3.29. The van der Waals surface area contributed by atoms with Crippen molar-refractivity contribution >= 4 is 17.5 Å². The van der Waals surface area contributed by atoms with E-state index in [1.54, 1.807) is 26.4 Å².